The third-order valence-electron chi connectivity index (χ3n) is 9.46. The van der Waals surface area contributed by atoms with Gasteiger partial charge in [0.2, 0.25) is 0 Å². The molecule has 75 heavy (non-hydrogen) atoms. The summed E-state index contributed by atoms with van der Waals surface area (Å²) in [5.41, 5.74) is -0.138. The molecule has 0 radical (unpaired) electrons. The number of halogens is 8. The zero-order valence-corrected chi connectivity index (χ0v) is 41.2. The molecule has 2 aromatic heterocycles. The number of urea groups is 2. The van der Waals surface area contributed by atoms with Crippen LogP contribution in [-0.2, 0) is 22.5 Å². The Labute approximate surface area is 433 Å². The summed E-state index contributed by atoms with van der Waals surface area (Å²) in [7, 11) is -1.04. The number of aryl methyl sites for hydroxylation is 1. The van der Waals surface area contributed by atoms with Crippen LogP contribution in [0.15, 0.2) is 151 Å². The van der Waals surface area contributed by atoms with Gasteiger partial charge in [0.25, 0.3) is 21.9 Å². The van der Waals surface area contributed by atoms with Crippen LogP contribution in [0.2, 0.25) is 10.0 Å². The van der Waals surface area contributed by atoms with Gasteiger partial charge in [-0.25, -0.2) is 9.59 Å². The molecule has 7 rings (SSSR count). The van der Waals surface area contributed by atoms with Crippen LogP contribution in [0.5, 0.6) is 23.0 Å². The summed E-state index contributed by atoms with van der Waals surface area (Å²) in [6, 6.07) is 29.2. The number of rotatable bonds is 11. The molecule has 0 unspecified atom stereocenters. The Morgan fingerprint density at radius 3 is 1.19 bits per heavy atom. The van der Waals surface area contributed by atoms with Gasteiger partial charge in [-0.3, -0.25) is 24.1 Å². The average Bonchev–Trinajstić information content (AvgIpc) is 3.35. The van der Waals surface area contributed by atoms with Crippen molar-refractivity contribution in [2.45, 2.75) is 24.2 Å². The van der Waals surface area contributed by atoms with Crippen molar-refractivity contribution < 1.29 is 68.0 Å². The largest absolute Gasteiger partial charge is 0.457 e. The van der Waals surface area contributed by atoms with E-state index in [0.717, 1.165) is 29.8 Å². The molecule has 7 aromatic rings. The number of amides is 6. The van der Waals surface area contributed by atoms with Crippen molar-refractivity contribution in [3.8, 4) is 23.0 Å². The second-order valence-corrected chi connectivity index (χ2v) is 17.2. The van der Waals surface area contributed by atoms with Crippen molar-refractivity contribution in [3.05, 3.63) is 184 Å². The average molecular weight is 1100 g/mol. The molecule has 0 aliphatic carbocycles. The van der Waals surface area contributed by atoms with E-state index in [1.807, 2.05) is 6.92 Å². The van der Waals surface area contributed by atoms with Crippen molar-refractivity contribution in [3.63, 3.8) is 0 Å². The smallest absolute Gasteiger partial charge is 0.417 e. The first-order valence-corrected chi connectivity index (χ1v) is 23.4. The number of aromatic nitrogens is 2. The molecule has 26 heteroatoms. The summed E-state index contributed by atoms with van der Waals surface area (Å²) in [5.74, 6) is 0.920. The standard InChI is InChI=1S/2C21H16ClF3N4O3.C7H8O3S/c2*1-26-19(30)18-11-15(8-9-27-18)32-14-5-2-12(3-6-14)28-20(31)29-13-4-7-17(22)16(10-13)21(23,24)25;1-6-2-4-7(5-3-6)11(8,9)10/h2*2-11H,1H3,(H,26,30)(H2,28,29,31);2-5H,1H3,(H,8,9,10). The Kier molecular flexibility index (Phi) is 19.5. The molecule has 0 spiro atoms. The fraction of sp³-hybridized carbons (Fsp3) is 0.102. The molecule has 0 atom stereocenters. The normalized spacial score (nSPS) is 11.0. The number of hydrogen-bond acceptors (Lipinski definition) is 10. The summed E-state index contributed by atoms with van der Waals surface area (Å²) in [6.07, 6.45) is -6.42. The van der Waals surface area contributed by atoms with Crippen LogP contribution in [0.1, 0.15) is 37.7 Å². The van der Waals surface area contributed by atoms with Gasteiger partial charge in [0, 0.05) is 61.4 Å². The van der Waals surface area contributed by atoms with Crippen molar-refractivity contribution in [2.75, 3.05) is 35.4 Å². The molecule has 17 nitrogen and oxygen atoms in total. The second kappa shape index (κ2) is 25.5. The van der Waals surface area contributed by atoms with Gasteiger partial charge in [0.15, 0.2) is 0 Å². The van der Waals surface area contributed by atoms with Gasteiger partial charge in [0.1, 0.15) is 34.4 Å². The van der Waals surface area contributed by atoms with E-state index in [2.05, 4.69) is 41.9 Å². The summed E-state index contributed by atoms with van der Waals surface area (Å²) in [6.45, 7) is 1.84. The maximum absolute atomic E-state index is 12.9. The molecule has 2 heterocycles. The van der Waals surface area contributed by atoms with E-state index in [1.165, 1.54) is 62.9 Å². The fourth-order valence-corrected chi connectivity index (χ4v) is 6.81. The van der Waals surface area contributed by atoms with E-state index >= 15 is 0 Å². The van der Waals surface area contributed by atoms with Crippen LogP contribution >= 0.6 is 23.2 Å². The van der Waals surface area contributed by atoms with E-state index < -0.39 is 55.7 Å². The number of benzene rings is 5. The zero-order valence-electron chi connectivity index (χ0n) is 38.9. The quantitative estimate of drug-likeness (QED) is 0.0475. The minimum Gasteiger partial charge on any atom is -0.457 e. The second-order valence-electron chi connectivity index (χ2n) is 15.0. The molecule has 7 N–H and O–H groups in total. The van der Waals surface area contributed by atoms with Crippen LogP contribution in [0.3, 0.4) is 0 Å². The molecule has 0 aliphatic rings. The van der Waals surface area contributed by atoms with Gasteiger partial charge in [-0.05, 0) is 116 Å². The maximum Gasteiger partial charge on any atom is 0.417 e. The Morgan fingerprint density at radius 2 is 0.853 bits per heavy atom. The highest BCUT2D eigenvalue weighted by Gasteiger charge is 2.34. The van der Waals surface area contributed by atoms with E-state index in [4.69, 9.17) is 37.2 Å². The highest BCUT2D eigenvalue weighted by molar-refractivity contribution is 7.85. The van der Waals surface area contributed by atoms with Crippen LogP contribution in [-0.4, -0.2) is 60.9 Å². The molecule has 0 aliphatic heterocycles. The third kappa shape index (κ3) is 17.9. The Bertz CT molecular complexity index is 3090. The van der Waals surface area contributed by atoms with Gasteiger partial charge in [-0.1, -0.05) is 40.9 Å². The summed E-state index contributed by atoms with van der Waals surface area (Å²) >= 11 is 11.1. The van der Waals surface area contributed by atoms with E-state index in [9.17, 15) is 53.9 Å². The van der Waals surface area contributed by atoms with E-state index in [1.54, 1.807) is 72.8 Å². The molecule has 6 amide bonds. The van der Waals surface area contributed by atoms with Crippen molar-refractivity contribution >= 4 is 79.9 Å². The number of alkyl halides is 6. The SMILES string of the molecule is CNC(=O)c1cc(Oc2ccc(NC(=O)Nc3ccc(Cl)c(C(F)(F)F)c3)cc2)ccn1.CNC(=O)c1cc(Oc2ccc(NC(=O)Nc3ccc(Cl)c(C(F)(F)F)c3)cc2)ccn1.Cc1ccc(S(=O)(=O)O)cc1. The maximum atomic E-state index is 12.9. The molecular formula is C49H40Cl2F6N8O9S. The van der Waals surface area contributed by atoms with Crippen LogP contribution < -0.4 is 41.4 Å². The summed E-state index contributed by atoms with van der Waals surface area (Å²) < 4.78 is 119. The lowest BCUT2D eigenvalue weighted by Crippen LogP contribution is -2.19. The number of carbonyl (C=O) groups excluding carboxylic acids is 4. The first-order chi connectivity index (χ1) is 35.3. The number of ether oxygens (including phenoxy) is 2. The minimum atomic E-state index is -4.64. The Balaban J connectivity index is 0.000000231. The topological polar surface area (TPSA) is 239 Å². The van der Waals surface area contributed by atoms with Crippen LogP contribution in [0.4, 0.5) is 58.7 Å². The Morgan fingerprint density at radius 1 is 0.507 bits per heavy atom. The third-order valence-corrected chi connectivity index (χ3v) is 11.0. The van der Waals surface area contributed by atoms with Gasteiger partial charge in [0.05, 0.1) is 26.1 Å². The summed E-state index contributed by atoms with van der Waals surface area (Å²) in [4.78, 5) is 55.3. The van der Waals surface area contributed by atoms with Gasteiger partial charge >= 0.3 is 24.4 Å². The van der Waals surface area contributed by atoms with Crippen molar-refractivity contribution in [2.24, 2.45) is 0 Å². The fourth-order valence-electron chi connectivity index (χ4n) is 5.88. The molecule has 0 saturated heterocycles. The number of nitrogens with zero attached hydrogens (tertiary/aromatic N) is 2. The molecule has 5 aromatic carbocycles. The predicted molar refractivity (Wildman–Crippen MR) is 267 cm³/mol. The number of hydrogen-bond donors (Lipinski definition) is 7. The molecule has 0 saturated carbocycles. The number of nitrogens with one attached hydrogen (secondary N) is 6. The van der Waals surface area contributed by atoms with Gasteiger partial charge in [-0.15, -0.1) is 0 Å². The predicted octanol–water partition coefficient (Wildman–Crippen LogP) is 12.3. The monoisotopic (exact) mass is 1100 g/mol. The Hall–Kier alpha value is -8.45. The molecule has 392 valence electrons. The first-order valence-electron chi connectivity index (χ1n) is 21.2. The lowest BCUT2D eigenvalue weighted by Gasteiger charge is -2.12. The number of anilines is 4. The van der Waals surface area contributed by atoms with Crippen LogP contribution in [0.25, 0.3) is 0 Å². The van der Waals surface area contributed by atoms with E-state index in [-0.39, 0.29) is 39.5 Å². The van der Waals surface area contributed by atoms with Crippen molar-refractivity contribution in [1.82, 2.24) is 20.6 Å². The number of carbonyl (C=O) groups is 4. The highest BCUT2D eigenvalue weighted by atomic mass is 35.5. The summed E-state index contributed by atoms with van der Waals surface area (Å²) in [5, 5.41) is 13.7. The van der Waals surface area contributed by atoms with E-state index in [0.29, 0.717) is 34.4 Å². The lowest BCUT2D eigenvalue weighted by molar-refractivity contribution is -0.138. The lowest BCUT2D eigenvalue weighted by atomic mass is 10.2. The van der Waals surface area contributed by atoms with Gasteiger partial charge in [-0.2, -0.15) is 34.8 Å². The number of pyridine rings is 2. The van der Waals surface area contributed by atoms with Crippen molar-refractivity contribution in [1.29, 1.82) is 0 Å². The molecular weight excluding hydrogens is 1060 g/mol. The minimum absolute atomic E-state index is 0.0659. The molecule has 0 bridgehead atoms. The first kappa shape index (κ1) is 57.5. The zero-order chi connectivity index (χ0) is 55.1. The highest BCUT2D eigenvalue weighted by Crippen LogP contribution is 2.37. The van der Waals surface area contributed by atoms with Crippen LogP contribution in [0, 0.1) is 6.92 Å². The molecule has 0 fully saturated rings. The van der Waals surface area contributed by atoms with Gasteiger partial charge < -0.3 is 41.4 Å².